The number of aliphatic hydroxyl groups excluding tert-OH is 1. The van der Waals surface area contributed by atoms with Gasteiger partial charge in [0.05, 0.1) is 6.10 Å². The molecule has 1 aromatic rings. The van der Waals surface area contributed by atoms with Crippen LogP contribution in [0.2, 0.25) is 0 Å². The molecule has 0 aliphatic heterocycles. The molecule has 0 saturated heterocycles. The molecule has 1 heterocycles. The van der Waals surface area contributed by atoms with Crippen LogP contribution in [0.25, 0.3) is 0 Å². The summed E-state index contributed by atoms with van der Waals surface area (Å²) in [5.41, 5.74) is -0.663. The molecule has 2 atom stereocenters. The third-order valence-electron chi connectivity index (χ3n) is 4.96. The SMILES string of the molecule is CC1(CNC(=O)c2cnc(C3CC3)[nH]c2=O)CCCCC1O. The lowest BCUT2D eigenvalue weighted by molar-refractivity contribution is 0.00189. The van der Waals surface area contributed by atoms with Crippen molar-refractivity contribution < 1.29 is 9.90 Å². The highest BCUT2D eigenvalue weighted by atomic mass is 16.3. The zero-order valence-corrected chi connectivity index (χ0v) is 12.9. The Hall–Kier alpha value is -1.69. The van der Waals surface area contributed by atoms with Crippen LogP contribution in [0.5, 0.6) is 0 Å². The number of hydrogen-bond donors (Lipinski definition) is 3. The van der Waals surface area contributed by atoms with Gasteiger partial charge in [-0.05, 0) is 25.7 Å². The molecule has 2 saturated carbocycles. The van der Waals surface area contributed by atoms with Gasteiger partial charge in [0.25, 0.3) is 11.5 Å². The summed E-state index contributed by atoms with van der Waals surface area (Å²) in [6, 6.07) is 0. The van der Waals surface area contributed by atoms with Gasteiger partial charge in [-0.1, -0.05) is 19.8 Å². The number of hydrogen-bond acceptors (Lipinski definition) is 4. The van der Waals surface area contributed by atoms with Crippen molar-refractivity contribution in [1.82, 2.24) is 15.3 Å². The summed E-state index contributed by atoms with van der Waals surface area (Å²) < 4.78 is 0. The predicted octanol–water partition coefficient (Wildman–Crippen LogP) is 1.32. The molecule has 0 spiro atoms. The fraction of sp³-hybridized carbons (Fsp3) is 0.688. The maximum Gasteiger partial charge on any atom is 0.263 e. The van der Waals surface area contributed by atoms with Crippen LogP contribution in [-0.2, 0) is 0 Å². The first-order valence-electron chi connectivity index (χ1n) is 8.05. The van der Waals surface area contributed by atoms with E-state index in [2.05, 4.69) is 15.3 Å². The van der Waals surface area contributed by atoms with Gasteiger partial charge in [-0.2, -0.15) is 0 Å². The molecule has 2 aliphatic carbocycles. The van der Waals surface area contributed by atoms with E-state index in [1.165, 1.54) is 6.20 Å². The van der Waals surface area contributed by atoms with Crippen molar-refractivity contribution in [1.29, 1.82) is 0 Å². The molecule has 3 rings (SSSR count). The van der Waals surface area contributed by atoms with Crippen molar-refractivity contribution >= 4 is 5.91 Å². The second-order valence-electron chi connectivity index (χ2n) is 6.88. The molecule has 0 radical (unpaired) electrons. The first-order chi connectivity index (χ1) is 10.5. The highest BCUT2D eigenvalue weighted by Gasteiger charge is 2.35. The highest BCUT2D eigenvalue weighted by molar-refractivity contribution is 5.93. The molecule has 120 valence electrons. The smallest absolute Gasteiger partial charge is 0.263 e. The van der Waals surface area contributed by atoms with E-state index in [0.717, 1.165) is 38.5 Å². The van der Waals surface area contributed by atoms with Crippen LogP contribution in [0, 0.1) is 5.41 Å². The van der Waals surface area contributed by atoms with E-state index in [-0.39, 0.29) is 16.5 Å². The van der Waals surface area contributed by atoms with E-state index in [1.54, 1.807) is 0 Å². The molecule has 6 nitrogen and oxygen atoms in total. The number of nitrogens with one attached hydrogen (secondary N) is 2. The Balaban J connectivity index is 1.65. The maximum absolute atomic E-state index is 12.2. The summed E-state index contributed by atoms with van der Waals surface area (Å²) in [5, 5.41) is 12.9. The number of amides is 1. The number of nitrogens with zero attached hydrogens (tertiary/aromatic N) is 1. The number of H-pyrrole nitrogens is 1. The third kappa shape index (κ3) is 3.06. The zero-order chi connectivity index (χ0) is 15.7. The normalized spacial score (nSPS) is 28.4. The molecular weight excluding hydrogens is 282 g/mol. The van der Waals surface area contributed by atoms with Crippen molar-refractivity contribution in [2.24, 2.45) is 5.41 Å². The Bertz CT molecular complexity index is 623. The van der Waals surface area contributed by atoms with E-state index < -0.39 is 12.0 Å². The molecule has 2 aliphatic rings. The largest absolute Gasteiger partial charge is 0.392 e. The van der Waals surface area contributed by atoms with E-state index in [1.807, 2.05) is 6.92 Å². The Morgan fingerprint density at radius 3 is 2.86 bits per heavy atom. The Kier molecular flexibility index (Phi) is 4.04. The number of rotatable bonds is 4. The molecule has 22 heavy (non-hydrogen) atoms. The van der Waals surface area contributed by atoms with Crippen LogP contribution < -0.4 is 10.9 Å². The van der Waals surface area contributed by atoms with Gasteiger partial charge in [0.2, 0.25) is 0 Å². The first kappa shape index (κ1) is 15.2. The monoisotopic (exact) mass is 305 g/mol. The maximum atomic E-state index is 12.2. The summed E-state index contributed by atoms with van der Waals surface area (Å²) in [4.78, 5) is 31.1. The fourth-order valence-corrected chi connectivity index (χ4v) is 3.10. The van der Waals surface area contributed by atoms with Gasteiger partial charge in [0.15, 0.2) is 0 Å². The molecule has 0 bridgehead atoms. The van der Waals surface area contributed by atoms with Crippen molar-refractivity contribution in [3.8, 4) is 0 Å². The summed E-state index contributed by atoms with van der Waals surface area (Å²) in [6.45, 7) is 2.35. The lowest BCUT2D eigenvalue weighted by Crippen LogP contribution is -2.45. The molecule has 2 fully saturated rings. The fourth-order valence-electron chi connectivity index (χ4n) is 3.10. The van der Waals surface area contributed by atoms with Gasteiger partial charge in [0, 0.05) is 24.1 Å². The molecule has 0 aromatic carbocycles. The standard InChI is InChI=1S/C16H23N3O3/c1-16(7-3-2-4-12(16)20)9-18-14(21)11-8-17-13(10-5-6-10)19-15(11)22/h8,10,12,20H,2-7,9H2,1H3,(H,18,21)(H,17,19,22). The topological polar surface area (TPSA) is 95.1 Å². The van der Waals surface area contributed by atoms with E-state index in [9.17, 15) is 14.7 Å². The van der Waals surface area contributed by atoms with E-state index in [0.29, 0.717) is 18.3 Å². The average molecular weight is 305 g/mol. The molecular formula is C16H23N3O3. The van der Waals surface area contributed by atoms with Crippen LogP contribution in [0.4, 0.5) is 0 Å². The van der Waals surface area contributed by atoms with E-state index in [4.69, 9.17) is 0 Å². The molecule has 6 heteroatoms. The second-order valence-corrected chi connectivity index (χ2v) is 6.88. The number of aliphatic hydroxyl groups is 1. The highest BCUT2D eigenvalue weighted by Crippen LogP contribution is 2.37. The second kappa shape index (κ2) is 5.83. The Morgan fingerprint density at radius 1 is 1.45 bits per heavy atom. The van der Waals surface area contributed by atoms with Crippen LogP contribution in [-0.4, -0.2) is 33.6 Å². The van der Waals surface area contributed by atoms with Gasteiger partial charge >= 0.3 is 0 Å². The number of carbonyl (C=O) groups excluding carboxylic acids is 1. The van der Waals surface area contributed by atoms with Crippen LogP contribution in [0.15, 0.2) is 11.0 Å². The average Bonchev–Trinajstić information content (AvgIpc) is 3.33. The lowest BCUT2D eigenvalue weighted by Gasteiger charge is -2.38. The summed E-state index contributed by atoms with van der Waals surface area (Å²) in [6.07, 6.45) is 6.78. The van der Waals surface area contributed by atoms with Gasteiger partial charge in [-0.15, -0.1) is 0 Å². The van der Waals surface area contributed by atoms with Gasteiger partial charge in [-0.3, -0.25) is 9.59 Å². The van der Waals surface area contributed by atoms with Crippen LogP contribution in [0.1, 0.15) is 67.5 Å². The molecule has 1 aromatic heterocycles. The minimum atomic E-state index is -0.421. The number of aromatic nitrogens is 2. The quantitative estimate of drug-likeness (QED) is 0.782. The van der Waals surface area contributed by atoms with Gasteiger partial charge in [0.1, 0.15) is 11.4 Å². The summed E-state index contributed by atoms with van der Waals surface area (Å²) in [5.74, 6) is 0.604. The predicted molar refractivity (Wildman–Crippen MR) is 81.7 cm³/mol. The van der Waals surface area contributed by atoms with E-state index >= 15 is 0 Å². The van der Waals surface area contributed by atoms with Crippen molar-refractivity contribution in [3.05, 3.63) is 27.9 Å². The molecule has 3 N–H and O–H groups in total. The van der Waals surface area contributed by atoms with Gasteiger partial charge in [-0.25, -0.2) is 4.98 Å². The third-order valence-corrected chi connectivity index (χ3v) is 4.96. The summed E-state index contributed by atoms with van der Waals surface area (Å²) >= 11 is 0. The Labute approximate surface area is 129 Å². The number of aromatic amines is 1. The van der Waals surface area contributed by atoms with Crippen molar-refractivity contribution in [2.45, 2.75) is 57.5 Å². The Morgan fingerprint density at radius 2 is 2.23 bits per heavy atom. The van der Waals surface area contributed by atoms with Crippen LogP contribution >= 0.6 is 0 Å². The minimum absolute atomic E-state index is 0.0401. The summed E-state index contributed by atoms with van der Waals surface area (Å²) in [7, 11) is 0. The van der Waals surface area contributed by atoms with Crippen molar-refractivity contribution in [3.63, 3.8) is 0 Å². The lowest BCUT2D eigenvalue weighted by atomic mass is 9.73. The minimum Gasteiger partial charge on any atom is -0.392 e. The molecule has 2 unspecified atom stereocenters. The first-order valence-corrected chi connectivity index (χ1v) is 8.05. The molecule has 1 amide bonds. The van der Waals surface area contributed by atoms with Crippen molar-refractivity contribution in [2.75, 3.05) is 6.54 Å². The van der Waals surface area contributed by atoms with Crippen LogP contribution in [0.3, 0.4) is 0 Å². The van der Waals surface area contributed by atoms with Gasteiger partial charge < -0.3 is 15.4 Å². The zero-order valence-electron chi connectivity index (χ0n) is 12.9. The number of carbonyl (C=O) groups is 1.